The van der Waals surface area contributed by atoms with Crippen LogP contribution < -0.4 is 10.1 Å². The van der Waals surface area contributed by atoms with E-state index >= 15 is 0 Å². The Morgan fingerprint density at radius 3 is 2.52 bits per heavy atom. The van der Waals surface area contributed by atoms with Crippen LogP contribution in [0, 0.1) is 17.5 Å². The fraction of sp³-hybridized carbons (Fsp3) is 0.278. The Morgan fingerprint density at radius 2 is 1.80 bits per heavy atom. The summed E-state index contributed by atoms with van der Waals surface area (Å²) in [5, 5.41) is 2.50. The third-order valence-electron chi connectivity index (χ3n) is 3.49. The predicted octanol–water partition coefficient (Wildman–Crippen LogP) is 3.44. The number of amides is 1. The summed E-state index contributed by atoms with van der Waals surface area (Å²) in [5.41, 5.74) is 0.203. The van der Waals surface area contributed by atoms with Crippen molar-refractivity contribution in [2.75, 3.05) is 32.1 Å². The van der Waals surface area contributed by atoms with Crippen molar-refractivity contribution in [2.45, 2.75) is 6.42 Å². The number of ether oxygens (including phenoxy) is 1. The number of hydrogen-bond acceptors (Lipinski definition) is 3. The van der Waals surface area contributed by atoms with Crippen molar-refractivity contribution >= 4 is 11.6 Å². The summed E-state index contributed by atoms with van der Waals surface area (Å²) in [4.78, 5) is 13.7. The van der Waals surface area contributed by atoms with Crippen LogP contribution in [0.4, 0.5) is 18.9 Å². The van der Waals surface area contributed by atoms with Crippen molar-refractivity contribution in [3.63, 3.8) is 0 Å². The highest BCUT2D eigenvalue weighted by molar-refractivity contribution is 5.90. The highest BCUT2D eigenvalue weighted by Gasteiger charge is 2.08. The molecule has 0 saturated heterocycles. The highest BCUT2D eigenvalue weighted by Crippen LogP contribution is 2.15. The lowest BCUT2D eigenvalue weighted by Gasteiger charge is -2.17. The molecule has 0 spiro atoms. The van der Waals surface area contributed by atoms with E-state index in [-0.39, 0.29) is 30.4 Å². The average molecular weight is 352 g/mol. The Balaban J connectivity index is 1.68. The molecule has 1 amide bonds. The number of rotatable bonds is 8. The number of carbonyl (C=O) groups excluding carboxylic acids is 1. The van der Waals surface area contributed by atoms with Crippen molar-refractivity contribution in [1.29, 1.82) is 0 Å². The van der Waals surface area contributed by atoms with E-state index in [4.69, 9.17) is 4.74 Å². The smallest absolute Gasteiger partial charge is 0.225 e. The number of nitrogens with one attached hydrogen (secondary N) is 1. The molecule has 7 heteroatoms. The Kier molecular flexibility index (Phi) is 6.82. The van der Waals surface area contributed by atoms with E-state index in [1.165, 1.54) is 12.1 Å². The molecule has 0 aliphatic rings. The number of anilines is 1. The lowest BCUT2D eigenvalue weighted by molar-refractivity contribution is -0.116. The summed E-state index contributed by atoms with van der Waals surface area (Å²) < 4.78 is 44.6. The van der Waals surface area contributed by atoms with Gasteiger partial charge in [0.25, 0.3) is 0 Å². The molecule has 0 fully saturated rings. The number of halogens is 3. The molecule has 134 valence electrons. The number of likely N-dealkylation sites (N-methyl/N-ethyl adjacent to an activating group) is 1. The average Bonchev–Trinajstić information content (AvgIpc) is 2.58. The highest BCUT2D eigenvalue weighted by atomic mass is 19.2. The summed E-state index contributed by atoms with van der Waals surface area (Å²) in [7, 11) is 1.80. The molecule has 0 aliphatic carbocycles. The van der Waals surface area contributed by atoms with Gasteiger partial charge in [-0.3, -0.25) is 4.79 Å². The van der Waals surface area contributed by atoms with Crippen molar-refractivity contribution in [2.24, 2.45) is 0 Å². The zero-order valence-corrected chi connectivity index (χ0v) is 13.8. The van der Waals surface area contributed by atoms with Gasteiger partial charge in [-0.2, -0.15) is 0 Å². The van der Waals surface area contributed by atoms with Gasteiger partial charge in [-0.15, -0.1) is 0 Å². The topological polar surface area (TPSA) is 41.6 Å². The van der Waals surface area contributed by atoms with Gasteiger partial charge in [0.2, 0.25) is 5.91 Å². The maximum atomic E-state index is 13.4. The molecule has 2 aromatic rings. The van der Waals surface area contributed by atoms with E-state index in [2.05, 4.69) is 5.32 Å². The van der Waals surface area contributed by atoms with E-state index < -0.39 is 17.5 Å². The Hall–Kier alpha value is -2.54. The zero-order chi connectivity index (χ0) is 18.2. The molecule has 25 heavy (non-hydrogen) atoms. The minimum absolute atomic E-state index is 0.176. The van der Waals surface area contributed by atoms with Gasteiger partial charge in [-0.25, -0.2) is 13.2 Å². The predicted molar refractivity (Wildman–Crippen MR) is 89.0 cm³/mol. The summed E-state index contributed by atoms with van der Waals surface area (Å²) in [6.07, 6.45) is 0.176. The lowest BCUT2D eigenvalue weighted by Crippen LogP contribution is -2.28. The molecule has 1 N–H and O–H groups in total. The monoisotopic (exact) mass is 352 g/mol. The van der Waals surface area contributed by atoms with Gasteiger partial charge in [0.15, 0.2) is 23.2 Å². The van der Waals surface area contributed by atoms with Gasteiger partial charge >= 0.3 is 0 Å². The first kappa shape index (κ1) is 18.8. The molecule has 0 atom stereocenters. The van der Waals surface area contributed by atoms with Gasteiger partial charge < -0.3 is 15.0 Å². The van der Waals surface area contributed by atoms with Crippen molar-refractivity contribution < 1.29 is 22.7 Å². The molecule has 2 rings (SSSR count). The molecule has 0 unspecified atom stereocenters. The number of carbonyl (C=O) groups is 1. The van der Waals surface area contributed by atoms with Gasteiger partial charge in [0, 0.05) is 31.3 Å². The second-order valence-corrected chi connectivity index (χ2v) is 5.51. The number of para-hydroxylation sites is 1. The van der Waals surface area contributed by atoms with Crippen molar-refractivity contribution in [1.82, 2.24) is 4.90 Å². The number of hydrogen-bond donors (Lipinski definition) is 1. The molecule has 2 aromatic carbocycles. The van der Waals surface area contributed by atoms with Crippen LogP contribution in [-0.2, 0) is 4.79 Å². The fourth-order valence-electron chi connectivity index (χ4n) is 2.07. The van der Waals surface area contributed by atoms with E-state index in [9.17, 15) is 18.0 Å². The normalized spacial score (nSPS) is 10.8. The molecule has 0 radical (unpaired) electrons. The van der Waals surface area contributed by atoms with Crippen LogP contribution in [0.25, 0.3) is 0 Å². The van der Waals surface area contributed by atoms with Crippen LogP contribution in [0.3, 0.4) is 0 Å². The van der Waals surface area contributed by atoms with Gasteiger partial charge in [0.05, 0.1) is 0 Å². The lowest BCUT2D eigenvalue weighted by atomic mass is 10.3. The maximum absolute atomic E-state index is 13.4. The maximum Gasteiger partial charge on any atom is 0.225 e. The van der Waals surface area contributed by atoms with Crippen molar-refractivity contribution in [3.05, 3.63) is 59.9 Å². The Morgan fingerprint density at radius 1 is 1.04 bits per heavy atom. The van der Waals surface area contributed by atoms with Crippen LogP contribution >= 0.6 is 0 Å². The van der Waals surface area contributed by atoms with Gasteiger partial charge in [-0.05, 0) is 31.3 Å². The number of benzene rings is 2. The first-order valence-electron chi connectivity index (χ1n) is 7.76. The molecule has 0 aliphatic heterocycles. The molecule has 4 nitrogen and oxygen atoms in total. The second-order valence-electron chi connectivity index (χ2n) is 5.51. The zero-order valence-electron chi connectivity index (χ0n) is 13.8. The van der Waals surface area contributed by atoms with Crippen LogP contribution in [0.2, 0.25) is 0 Å². The van der Waals surface area contributed by atoms with E-state index in [0.717, 1.165) is 12.1 Å². The largest absolute Gasteiger partial charge is 0.489 e. The molecule has 0 saturated carbocycles. The molecular weight excluding hydrogens is 333 g/mol. The van der Waals surface area contributed by atoms with E-state index in [1.807, 2.05) is 4.90 Å². The molecule has 0 aromatic heterocycles. The molecular formula is C18H19F3N2O2. The summed E-state index contributed by atoms with van der Waals surface area (Å²) in [5.74, 6) is -2.52. The van der Waals surface area contributed by atoms with Crippen LogP contribution in [0.1, 0.15) is 6.42 Å². The van der Waals surface area contributed by atoms with Gasteiger partial charge in [0.1, 0.15) is 6.61 Å². The first-order valence-corrected chi connectivity index (χ1v) is 7.76. The fourth-order valence-corrected chi connectivity index (χ4v) is 2.07. The Labute approximate surface area is 144 Å². The van der Waals surface area contributed by atoms with Crippen LogP contribution in [0.5, 0.6) is 5.75 Å². The summed E-state index contributed by atoms with van der Waals surface area (Å²) in [6, 6.07) is 9.32. The minimum Gasteiger partial charge on any atom is -0.489 e. The first-order chi connectivity index (χ1) is 12.0. The van der Waals surface area contributed by atoms with Crippen molar-refractivity contribution in [3.8, 4) is 5.75 Å². The van der Waals surface area contributed by atoms with Crippen LogP contribution in [-0.4, -0.2) is 37.6 Å². The molecule has 0 bridgehead atoms. The third kappa shape index (κ3) is 6.11. The standard InChI is InChI=1S/C18H19F3N2O2/c1-23(10-11-25-17-5-3-2-4-15(17)20)9-8-18(24)22-13-6-7-14(19)16(21)12-13/h2-7,12H,8-11H2,1H3,(H,22,24). The summed E-state index contributed by atoms with van der Waals surface area (Å²) >= 11 is 0. The molecule has 0 heterocycles. The SMILES string of the molecule is CN(CCOc1ccccc1F)CCC(=O)Nc1ccc(F)c(F)c1. The Bertz CT molecular complexity index is 725. The number of nitrogens with zero attached hydrogens (tertiary/aromatic N) is 1. The minimum atomic E-state index is -1.01. The van der Waals surface area contributed by atoms with E-state index in [0.29, 0.717) is 13.1 Å². The van der Waals surface area contributed by atoms with Crippen LogP contribution in [0.15, 0.2) is 42.5 Å². The third-order valence-corrected chi connectivity index (χ3v) is 3.49. The van der Waals surface area contributed by atoms with E-state index in [1.54, 1.807) is 25.2 Å². The summed E-state index contributed by atoms with van der Waals surface area (Å²) in [6.45, 7) is 1.23. The second kappa shape index (κ2) is 9.08. The quantitative estimate of drug-likeness (QED) is 0.791. The van der Waals surface area contributed by atoms with Gasteiger partial charge in [-0.1, -0.05) is 12.1 Å².